The molecule has 0 unspecified atom stereocenters. The van der Waals surface area contributed by atoms with Crippen molar-refractivity contribution in [1.29, 1.82) is 0 Å². The molecule has 73 heavy (non-hydrogen) atoms. The molecular formula is C54H66CaN6O10P2. The molecule has 4 amide bonds. The second-order valence-electron chi connectivity index (χ2n) is 19.7. The number of nitrogens with two attached hydrogens (primary N) is 2. The first kappa shape index (κ1) is 57.6. The van der Waals surface area contributed by atoms with Crippen LogP contribution in [-0.2, 0) is 62.5 Å². The summed E-state index contributed by atoms with van der Waals surface area (Å²) in [7, 11) is -7.39. The molecule has 4 aromatic carbocycles. The number of likely N-dealkylation sites (tertiary alicyclic amines) is 4. The molecule has 4 aliphatic rings. The van der Waals surface area contributed by atoms with E-state index in [1.54, 1.807) is 13.8 Å². The van der Waals surface area contributed by atoms with Gasteiger partial charge in [0.15, 0.2) is 0 Å². The van der Waals surface area contributed by atoms with E-state index < -0.39 is 72.8 Å². The number of rotatable bonds is 16. The Bertz CT molecular complexity index is 2410. The first-order valence-electron chi connectivity index (χ1n) is 24.9. The van der Waals surface area contributed by atoms with E-state index in [4.69, 9.17) is 11.5 Å². The Kier molecular flexibility index (Phi) is 19.6. The molecule has 0 spiro atoms. The molecule has 6 atom stereocenters. The molecule has 0 saturated carbocycles. The second kappa shape index (κ2) is 24.8. The van der Waals surface area contributed by atoms with E-state index in [1.807, 2.05) is 121 Å². The van der Waals surface area contributed by atoms with Crippen LogP contribution in [-0.4, -0.2) is 154 Å². The summed E-state index contributed by atoms with van der Waals surface area (Å²) < 4.78 is 30.1. The maximum Gasteiger partial charge on any atom is 2.00 e. The van der Waals surface area contributed by atoms with Gasteiger partial charge in [-0.3, -0.25) is 19.2 Å². The van der Waals surface area contributed by atoms with E-state index in [0.29, 0.717) is 51.6 Å². The first-order chi connectivity index (χ1) is 34.4. The van der Waals surface area contributed by atoms with Crippen molar-refractivity contribution in [2.75, 3.05) is 26.2 Å². The van der Waals surface area contributed by atoms with Gasteiger partial charge in [0.2, 0.25) is 23.6 Å². The van der Waals surface area contributed by atoms with Crippen molar-refractivity contribution in [1.82, 2.24) is 19.6 Å². The smallest absolute Gasteiger partial charge is 0.547 e. The molecule has 4 N–H and O–H groups in total. The van der Waals surface area contributed by atoms with Gasteiger partial charge in [0.05, 0.1) is 24.0 Å². The molecule has 4 saturated heterocycles. The predicted octanol–water partition coefficient (Wildman–Crippen LogP) is 3.93. The number of nitrogens with zero attached hydrogens (tertiary/aromatic N) is 4. The van der Waals surface area contributed by atoms with Crippen LogP contribution in [0.2, 0.25) is 0 Å². The molecule has 4 aliphatic heterocycles. The number of amides is 4. The second-order valence-corrected chi connectivity index (χ2v) is 26.0. The van der Waals surface area contributed by atoms with Crippen molar-refractivity contribution in [2.24, 2.45) is 11.5 Å². The van der Waals surface area contributed by atoms with Crippen LogP contribution in [0.4, 0.5) is 0 Å². The molecule has 0 aliphatic carbocycles. The summed E-state index contributed by atoms with van der Waals surface area (Å²) in [6.07, 6.45) is 3.03. The summed E-state index contributed by atoms with van der Waals surface area (Å²) in [6, 6.07) is 33.3. The van der Waals surface area contributed by atoms with E-state index in [-0.39, 0.29) is 100 Å². The fourth-order valence-electron chi connectivity index (χ4n) is 11.4. The van der Waals surface area contributed by atoms with Crippen LogP contribution in [0.3, 0.4) is 0 Å². The van der Waals surface area contributed by atoms with Crippen molar-refractivity contribution in [3.05, 3.63) is 144 Å². The standard InChI is InChI=1S/2C27H34N3O5P.Ca/c2*1-20(28)24(31)29-16-8-14-23(29)25(32)30-17-9-15-27(30,26(33)34)36(35,18-21-10-4-2-5-11-21)19-22-12-6-3-7-13-22;/h2*2-7,10-13,20,23H,8-9,14-19,28H2,1H3,(H,33,34);/q;;+2/p-2/t2*20-,23-,27+;/m00./s1. The van der Waals surface area contributed by atoms with Gasteiger partial charge in [-0.15, -0.1) is 0 Å². The quantitative estimate of drug-likeness (QED) is 0.120. The van der Waals surface area contributed by atoms with Crippen LogP contribution in [0.25, 0.3) is 0 Å². The van der Waals surface area contributed by atoms with Gasteiger partial charge in [0, 0.05) is 50.8 Å². The zero-order valence-electron chi connectivity index (χ0n) is 41.8. The third kappa shape index (κ3) is 11.9. The summed E-state index contributed by atoms with van der Waals surface area (Å²) in [5, 5.41) is 22.1. The zero-order valence-corrected chi connectivity index (χ0v) is 45.8. The Morgan fingerprint density at radius 3 is 1.03 bits per heavy atom. The fourth-order valence-corrected chi connectivity index (χ4v) is 18.9. The summed E-state index contributed by atoms with van der Waals surface area (Å²) in [5.74, 6) is -4.64. The van der Waals surface area contributed by atoms with Crippen molar-refractivity contribution in [3.63, 3.8) is 0 Å². The maximum atomic E-state index is 15.1. The third-order valence-electron chi connectivity index (χ3n) is 14.8. The minimum Gasteiger partial charge on any atom is -0.547 e. The number of carbonyl (C=O) groups is 6. The molecule has 4 fully saturated rings. The Hall–Kier alpha value is -4.66. The van der Waals surface area contributed by atoms with Gasteiger partial charge in [0.25, 0.3) is 0 Å². The predicted molar refractivity (Wildman–Crippen MR) is 276 cm³/mol. The molecule has 384 valence electrons. The van der Waals surface area contributed by atoms with Crippen molar-refractivity contribution < 1.29 is 48.1 Å². The zero-order chi connectivity index (χ0) is 51.8. The summed E-state index contributed by atoms with van der Waals surface area (Å²) in [6.45, 7) is 4.20. The van der Waals surface area contributed by atoms with Crippen LogP contribution >= 0.6 is 14.3 Å². The molecule has 0 bridgehead atoms. The van der Waals surface area contributed by atoms with Gasteiger partial charge >= 0.3 is 37.7 Å². The molecule has 0 aromatic heterocycles. The Balaban J connectivity index is 0.000000235. The fraction of sp³-hybridized carbons (Fsp3) is 0.444. The Morgan fingerprint density at radius 2 is 0.781 bits per heavy atom. The van der Waals surface area contributed by atoms with Gasteiger partial charge in [0.1, 0.15) is 36.9 Å². The van der Waals surface area contributed by atoms with Crippen LogP contribution in [0.5, 0.6) is 0 Å². The monoisotopic (exact) mass is 1060 g/mol. The summed E-state index contributed by atoms with van der Waals surface area (Å²) in [5.41, 5.74) is 14.6. The third-order valence-corrected chi connectivity index (χ3v) is 22.3. The molecule has 4 aromatic rings. The minimum atomic E-state index is -3.70. The Morgan fingerprint density at radius 1 is 0.507 bits per heavy atom. The Labute approximate surface area is 458 Å². The van der Waals surface area contributed by atoms with Gasteiger partial charge in [-0.25, -0.2) is 0 Å². The van der Waals surface area contributed by atoms with Gasteiger partial charge in [-0.05, 0) is 87.5 Å². The molecule has 0 radical (unpaired) electrons. The van der Waals surface area contributed by atoms with Crippen LogP contribution < -0.4 is 21.7 Å². The topological polar surface area (TPSA) is 248 Å². The number of carbonyl (C=O) groups excluding carboxylic acids is 6. The normalized spacial score (nSPS) is 22.7. The van der Waals surface area contributed by atoms with Crippen molar-refractivity contribution in [3.8, 4) is 0 Å². The summed E-state index contributed by atoms with van der Waals surface area (Å²) >= 11 is 0. The number of carboxylic acids is 2. The molecule has 4 heterocycles. The van der Waals surface area contributed by atoms with Gasteiger partial charge in [-0.2, -0.15) is 0 Å². The molecule has 19 heteroatoms. The average Bonchev–Trinajstić information content (AvgIpc) is 4.22. The molecule has 16 nitrogen and oxygen atoms in total. The largest absolute Gasteiger partial charge is 2.00 e. The summed E-state index contributed by atoms with van der Waals surface area (Å²) in [4.78, 5) is 84.8. The van der Waals surface area contributed by atoms with E-state index in [1.165, 1.54) is 19.6 Å². The number of hydrogen-bond donors (Lipinski definition) is 2. The molecular weight excluding hydrogens is 995 g/mol. The first-order valence-corrected chi connectivity index (χ1v) is 29.0. The average molecular weight is 1060 g/mol. The van der Waals surface area contributed by atoms with Crippen LogP contribution in [0.1, 0.15) is 87.5 Å². The maximum absolute atomic E-state index is 15.1. The van der Waals surface area contributed by atoms with E-state index in [2.05, 4.69) is 0 Å². The van der Waals surface area contributed by atoms with Crippen molar-refractivity contribution in [2.45, 2.75) is 125 Å². The number of hydrogen-bond acceptors (Lipinski definition) is 12. The SMILES string of the molecule is C[C@H](N)C(=O)N1CCC[C@H]1C(=O)N1CCC[C@]1(C(=O)[O-])P(=O)(Cc1ccccc1)Cc1ccccc1.C[C@H](N)C(=O)N1CCC[C@H]1C(=O)N1CCC[C@]1(C(=O)[O-])P(=O)(Cc1ccccc1)Cc1ccccc1.[Ca+2]. The van der Waals surface area contributed by atoms with E-state index >= 15 is 9.13 Å². The van der Waals surface area contributed by atoms with E-state index in [9.17, 15) is 39.0 Å². The minimum absolute atomic E-state index is 0. The van der Waals surface area contributed by atoms with Crippen LogP contribution in [0.15, 0.2) is 121 Å². The van der Waals surface area contributed by atoms with Crippen LogP contribution in [0, 0.1) is 0 Å². The number of carboxylic acid groups (broad SMARTS) is 2. The number of aliphatic carboxylic acids is 2. The van der Waals surface area contributed by atoms with Gasteiger partial charge < -0.3 is 60.0 Å². The number of benzene rings is 4. The van der Waals surface area contributed by atoms with Gasteiger partial charge in [-0.1, -0.05) is 121 Å². The molecule has 8 rings (SSSR count). The van der Waals surface area contributed by atoms with E-state index in [0.717, 1.165) is 22.3 Å². The van der Waals surface area contributed by atoms with Crippen molar-refractivity contribution >= 4 is 87.6 Å².